The molecule has 0 bridgehead atoms. The molecule has 0 amide bonds. The molecule has 7 heteroatoms. The third-order valence-electron chi connectivity index (χ3n) is 4.72. The number of hydrogen-bond donors (Lipinski definition) is 1. The Balaban J connectivity index is 1.35. The Bertz CT molecular complexity index is 944. The maximum Gasteiger partial charge on any atom is 0.336 e. The number of hydrogen-bond acceptors (Lipinski definition) is 7. The summed E-state index contributed by atoms with van der Waals surface area (Å²) in [6.07, 6.45) is 1.61. The van der Waals surface area contributed by atoms with Gasteiger partial charge in [0.05, 0.1) is 17.8 Å². The van der Waals surface area contributed by atoms with Crippen molar-refractivity contribution >= 4 is 16.9 Å². The Labute approximate surface area is 148 Å². The molecule has 2 aliphatic rings. The monoisotopic (exact) mass is 358 g/mol. The van der Waals surface area contributed by atoms with Gasteiger partial charge in [-0.2, -0.15) is 0 Å². The number of aliphatic hydroxyl groups excluding tert-OH is 1. The second-order valence-electron chi connectivity index (χ2n) is 6.68. The van der Waals surface area contributed by atoms with E-state index in [9.17, 15) is 9.59 Å². The Morgan fingerprint density at radius 2 is 2.04 bits per heavy atom. The minimum Gasteiger partial charge on any atom is -0.491 e. The van der Waals surface area contributed by atoms with Crippen molar-refractivity contribution in [2.75, 3.05) is 13.2 Å². The van der Waals surface area contributed by atoms with E-state index in [1.54, 1.807) is 24.3 Å². The molecule has 0 aliphatic carbocycles. The molecule has 1 aromatic carbocycles. The van der Waals surface area contributed by atoms with Crippen LogP contribution in [0.2, 0.25) is 0 Å². The second kappa shape index (κ2) is 6.26. The van der Waals surface area contributed by atoms with Gasteiger partial charge >= 0.3 is 11.6 Å². The van der Waals surface area contributed by atoms with Crippen molar-refractivity contribution in [1.82, 2.24) is 0 Å². The molecule has 1 aromatic heterocycles. The molecule has 0 saturated carbocycles. The van der Waals surface area contributed by atoms with E-state index < -0.39 is 23.3 Å². The lowest BCUT2D eigenvalue weighted by molar-refractivity contribution is -0.140. The number of epoxide rings is 1. The molecule has 1 fully saturated rings. The fourth-order valence-corrected chi connectivity index (χ4v) is 3.14. The Kier molecular flexibility index (Phi) is 4.05. The third kappa shape index (κ3) is 3.23. The first-order chi connectivity index (χ1) is 12.5. The highest BCUT2D eigenvalue weighted by atomic mass is 16.6. The maximum atomic E-state index is 11.5. The summed E-state index contributed by atoms with van der Waals surface area (Å²) in [6.45, 7) is 1.94. The van der Waals surface area contributed by atoms with Crippen molar-refractivity contribution in [3.05, 3.63) is 52.4 Å². The number of ether oxygens (including phenoxy) is 3. The van der Waals surface area contributed by atoms with E-state index in [2.05, 4.69) is 0 Å². The van der Waals surface area contributed by atoms with Crippen LogP contribution in [-0.2, 0) is 14.3 Å². The largest absolute Gasteiger partial charge is 0.491 e. The number of aliphatic hydroxyl groups is 1. The summed E-state index contributed by atoms with van der Waals surface area (Å²) < 4.78 is 21.8. The minimum absolute atomic E-state index is 0.133. The summed E-state index contributed by atoms with van der Waals surface area (Å²) in [5, 5.41) is 9.89. The number of fused-ring (bicyclic) bond motifs is 1. The van der Waals surface area contributed by atoms with Crippen molar-refractivity contribution in [1.29, 1.82) is 0 Å². The Morgan fingerprint density at radius 3 is 2.81 bits per heavy atom. The number of esters is 1. The van der Waals surface area contributed by atoms with Crippen LogP contribution in [0.1, 0.15) is 13.3 Å². The van der Waals surface area contributed by atoms with Crippen LogP contribution in [0.3, 0.4) is 0 Å². The van der Waals surface area contributed by atoms with E-state index in [4.69, 9.17) is 23.7 Å². The molecular weight excluding hydrogens is 340 g/mol. The number of carbonyl (C=O) groups is 1. The van der Waals surface area contributed by atoms with E-state index in [1.807, 2.05) is 13.0 Å². The van der Waals surface area contributed by atoms with E-state index in [-0.39, 0.29) is 18.3 Å². The van der Waals surface area contributed by atoms with Crippen molar-refractivity contribution in [3.8, 4) is 5.75 Å². The van der Waals surface area contributed by atoms with Crippen molar-refractivity contribution in [3.63, 3.8) is 0 Å². The summed E-state index contributed by atoms with van der Waals surface area (Å²) in [7, 11) is 0. The molecule has 0 unspecified atom stereocenters. The van der Waals surface area contributed by atoms with Crippen molar-refractivity contribution < 1.29 is 28.5 Å². The lowest BCUT2D eigenvalue weighted by Crippen LogP contribution is -2.22. The molecule has 1 N–H and O–H groups in total. The molecule has 0 radical (unpaired) electrons. The predicted octanol–water partition coefficient (Wildman–Crippen LogP) is 1.56. The summed E-state index contributed by atoms with van der Waals surface area (Å²) in [4.78, 5) is 22.8. The van der Waals surface area contributed by atoms with Gasteiger partial charge in [-0.25, -0.2) is 9.59 Å². The average Bonchev–Trinajstić information content (AvgIpc) is 3.11. The van der Waals surface area contributed by atoms with Crippen molar-refractivity contribution in [2.24, 2.45) is 0 Å². The quantitative estimate of drug-likeness (QED) is 0.475. The fourth-order valence-electron chi connectivity index (χ4n) is 3.14. The van der Waals surface area contributed by atoms with Crippen LogP contribution >= 0.6 is 0 Å². The first-order valence-corrected chi connectivity index (χ1v) is 8.34. The number of rotatable bonds is 6. The SMILES string of the molecule is C[C@@]1(C[C@H]2C=C(CO)C(=O)O2)O[C@@H]1COc1ccc2ccc(=O)oc2c1. The van der Waals surface area contributed by atoms with Crippen LogP contribution in [0.4, 0.5) is 0 Å². The van der Waals surface area contributed by atoms with Gasteiger partial charge < -0.3 is 23.7 Å². The zero-order valence-corrected chi connectivity index (χ0v) is 14.1. The van der Waals surface area contributed by atoms with Crippen LogP contribution in [0.25, 0.3) is 11.0 Å². The second-order valence-corrected chi connectivity index (χ2v) is 6.68. The summed E-state index contributed by atoms with van der Waals surface area (Å²) in [6, 6.07) is 8.37. The van der Waals surface area contributed by atoms with E-state index >= 15 is 0 Å². The van der Waals surface area contributed by atoms with Crippen molar-refractivity contribution in [2.45, 2.75) is 31.2 Å². The topological polar surface area (TPSA) is 98.5 Å². The lowest BCUT2D eigenvalue weighted by Gasteiger charge is -2.12. The highest BCUT2D eigenvalue weighted by Crippen LogP contribution is 2.42. The minimum atomic E-state index is -0.479. The normalized spacial score (nSPS) is 27.3. The number of cyclic esters (lactones) is 1. The van der Waals surface area contributed by atoms with E-state index in [1.165, 1.54) is 6.07 Å². The average molecular weight is 358 g/mol. The highest BCUT2D eigenvalue weighted by Gasteiger charge is 2.54. The molecule has 136 valence electrons. The molecule has 0 spiro atoms. The molecule has 26 heavy (non-hydrogen) atoms. The molecule has 3 heterocycles. The van der Waals surface area contributed by atoms with Gasteiger partial charge in [-0.1, -0.05) is 0 Å². The highest BCUT2D eigenvalue weighted by molar-refractivity contribution is 5.91. The van der Waals surface area contributed by atoms with Gasteiger partial charge in [0.25, 0.3) is 0 Å². The molecule has 3 atom stereocenters. The van der Waals surface area contributed by atoms with Crippen LogP contribution < -0.4 is 10.4 Å². The lowest BCUT2D eigenvalue weighted by atomic mass is 9.99. The van der Waals surface area contributed by atoms with Gasteiger partial charge in [-0.05, 0) is 31.2 Å². The zero-order chi connectivity index (χ0) is 18.3. The van der Waals surface area contributed by atoms with Crippen LogP contribution in [-0.4, -0.2) is 42.1 Å². The molecular formula is C19H18O7. The molecule has 2 aromatic rings. The van der Waals surface area contributed by atoms with E-state index in [0.29, 0.717) is 24.4 Å². The Hall–Kier alpha value is -2.64. The maximum absolute atomic E-state index is 11.5. The first-order valence-electron chi connectivity index (χ1n) is 8.34. The number of carbonyl (C=O) groups excluding carboxylic acids is 1. The van der Waals surface area contributed by atoms with Gasteiger partial charge in [-0.15, -0.1) is 0 Å². The van der Waals surface area contributed by atoms with Gasteiger partial charge in [0.1, 0.15) is 30.1 Å². The van der Waals surface area contributed by atoms with Gasteiger partial charge in [0.15, 0.2) is 0 Å². The van der Waals surface area contributed by atoms with Gasteiger partial charge in [0, 0.05) is 23.9 Å². The van der Waals surface area contributed by atoms with E-state index in [0.717, 1.165) is 5.39 Å². The molecule has 7 nitrogen and oxygen atoms in total. The van der Waals surface area contributed by atoms with Gasteiger partial charge in [0.2, 0.25) is 0 Å². The molecule has 1 saturated heterocycles. The fraction of sp³-hybridized carbons (Fsp3) is 0.368. The van der Waals surface area contributed by atoms with Crippen LogP contribution in [0.15, 0.2) is 51.2 Å². The predicted molar refractivity (Wildman–Crippen MR) is 90.9 cm³/mol. The molecule has 2 aliphatic heterocycles. The zero-order valence-electron chi connectivity index (χ0n) is 14.1. The Morgan fingerprint density at radius 1 is 1.23 bits per heavy atom. The summed E-state index contributed by atoms with van der Waals surface area (Å²) >= 11 is 0. The van der Waals surface area contributed by atoms with Gasteiger partial charge in [-0.3, -0.25) is 0 Å². The summed E-state index contributed by atoms with van der Waals surface area (Å²) in [5.74, 6) is 0.103. The number of benzene rings is 1. The van der Waals surface area contributed by atoms with Crippen LogP contribution in [0.5, 0.6) is 5.75 Å². The molecule has 4 rings (SSSR count). The van der Waals surface area contributed by atoms with Crippen LogP contribution in [0, 0.1) is 0 Å². The third-order valence-corrected chi connectivity index (χ3v) is 4.72. The standard InChI is InChI=1S/C19H18O7/c1-19(8-14-6-12(9-20)18(22)24-14)16(26-19)10-23-13-4-2-11-3-5-17(21)25-15(11)7-13/h2-7,14,16,20H,8-10H2,1H3/t14-,16-,19+/m1/s1. The summed E-state index contributed by atoms with van der Waals surface area (Å²) in [5.41, 5.74) is -0.108. The smallest absolute Gasteiger partial charge is 0.336 e. The first kappa shape index (κ1) is 16.8.